The highest BCUT2D eigenvalue weighted by Crippen LogP contribution is 2.19. The molecule has 0 saturated carbocycles. The van der Waals surface area contributed by atoms with E-state index in [-0.39, 0.29) is 23.7 Å². The first-order chi connectivity index (χ1) is 11.3. The van der Waals surface area contributed by atoms with Crippen LogP contribution in [0.25, 0.3) is 0 Å². The molecule has 1 fully saturated rings. The Kier molecular flexibility index (Phi) is 6.41. The fourth-order valence-corrected chi connectivity index (χ4v) is 5.83. The number of hydrogen-bond donors (Lipinski definition) is 0. The molecule has 1 aromatic carbocycles. The Balaban J connectivity index is 2.14. The predicted molar refractivity (Wildman–Crippen MR) is 94.8 cm³/mol. The van der Waals surface area contributed by atoms with Crippen LogP contribution in [0.15, 0.2) is 29.2 Å². The maximum Gasteiger partial charge on any atom is 0.243 e. The van der Waals surface area contributed by atoms with Crippen LogP contribution in [0.5, 0.6) is 0 Å². The van der Waals surface area contributed by atoms with Crippen LogP contribution in [0.4, 0.5) is 0 Å². The van der Waals surface area contributed by atoms with Crippen LogP contribution in [0.1, 0.15) is 32.3 Å². The van der Waals surface area contributed by atoms with E-state index in [0.717, 1.165) is 12.0 Å². The van der Waals surface area contributed by atoms with Gasteiger partial charge in [0.05, 0.1) is 10.6 Å². The van der Waals surface area contributed by atoms with Crippen LogP contribution < -0.4 is 0 Å². The number of hydrogen-bond acceptors (Lipinski definition) is 4. The molecule has 0 spiro atoms. The van der Waals surface area contributed by atoms with Crippen molar-refractivity contribution < 1.29 is 16.8 Å². The molecule has 0 amide bonds. The fourth-order valence-electron chi connectivity index (χ4n) is 2.82. The summed E-state index contributed by atoms with van der Waals surface area (Å²) < 4.78 is 52.8. The highest BCUT2D eigenvalue weighted by atomic mass is 32.2. The van der Waals surface area contributed by atoms with Gasteiger partial charge in [-0.1, -0.05) is 26.0 Å². The van der Waals surface area contributed by atoms with Crippen molar-refractivity contribution >= 4 is 20.0 Å². The Morgan fingerprint density at radius 2 is 1.46 bits per heavy atom. The molecule has 1 aliphatic heterocycles. The maximum absolute atomic E-state index is 12.8. The zero-order valence-corrected chi connectivity index (χ0v) is 15.9. The summed E-state index contributed by atoms with van der Waals surface area (Å²) in [6, 6.07) is 6.90. The van der Waals surface area contributed by atoms with Gasteiger partial charge in [0.2, 0.25) is 20.0 Å². The monoisotopic (exact) mass is 374 g/mol. The molecule has 1 aromatic rings. The quantitative estimate of drug-likeness (QED) is 0.759. The molecule has 0 N–H and O–H groups in total. The van der Waals surface area contributed by atoms with E-state index < -0.39 is 20.0 Å². The van der Waals surface area contributed by atoms with E-state index in [1.165, 1.54) is 8.61 Å². The van der Waals surface area contributed by atoms with Crippen LogP contribution in [-0.2, 0) is 26.5 Å². The highest BCUT2D eigenvalue weighted by Gasteiger charge is 2.30. The molecule has 24 heavy (non-hydrogen) atoms. The van der Waals surface area contributed by atoms with E-state index in [4.69, 9.17) is 0 Å². The molecule has 0 radical (unpaired) electrons. The van der Waals surface area contributed by atoms with Crippen molar-refractivity contribution in [2.45, 2.75) is 38.0 Å². The van der Waals surface area contributed by atoms with Gasteiger partial charge in [-0.15, -0.1) is 0 Å². The molecule has 1 aliphatic rings. The fraction of sp³-hybridized carbons (Fsp3) is 0.625. The zero-order chi connectivity index (χ0) is 17.8. The van der Waals surface area contributed by atoms with Gasteiger partial charge in [-0.3, -0.25) is 0 Å². The van der Waals surface area contributed by atoms with Gasteiger partial charge < -0.3 is 0 Å². The second-order valence-corrected chi connectivity index (χ2v) is 10.00. The lowest BCUT2D eigenvalue weighted by Crippen LogP contribution is -2.38. The lowest BCUT2D eigenvalue weighted by atomic mass is 10.2. The average Bonchev–Trinajstić information content (AvgIpc) is 2.82. The van der Waals surface area contributed by atoms with E-state index >= 15 is 0 Å². The zero-order valence-electron chi connectivity index (χ0n) is 14.3. The summed E-state index contributed by atoms with van der Waals surface area (Å²) in [7, 11) is -6.87. The summed E-state index contributed by atoms with van der Waals surface area (Å²) in [5, 5.41) is 0. The minimum absolute atomic E-state index is 0.109. The molecule has 0 aliphatic carbocycles. The van der Waals surface area contributed by atoms with Crippen molar-refractivity contribution in [2.75, 3.05) is 31.9 Å². The molecule has 0 bridgehead atoms. The Hall–Kier alpha value is -0.960. The topological polar surface area (TPSA) is 74.8 Å². The first-order valence-corrected chi connectivity index (χ1v) is 11.4. The van der Waals surface area contributed by atoms with Gasteiger partial charge in [-0.05, 0) is 37.0 Å². The second-order valence-electron chi connectivity index (χ2n) is 5.97. The molecule has 2 rings (SSSR count). The van der Waals surface area contributed by atoms with E-state index in [0.29, 0.717) is 25.9 Å². The molecular formula is C16H26N2O4S2. The molecular weight excluding hydrogens is 348 g/mol. The van der Waals surface area contributed by atoms with Crippen LogP contribution in [0.2, 0.25) is 0 Å². The van der Waals surface area contributed by atoms with Crippen molar-refractivity contribution in [3.05, 3.63) is 29.8 Å². The molecule has 8 heteroatoms. The number of aryl methyl sites for hydroxylation is 1. The Morgan fingerprint density at radius 1 is 0.875 bits per heavy atom. The van der Waals surface area contributed by atoms with Crippen LogP contribution >= 0.6 is 0 Å². The van der Waals surface area contributed by atoms with Gasteiger partial charge >= 0.3 is 0 Å². The molecule has 0 aromatic heterocycles. The van der Waals surface area contributed by atoms with Gasteiger partial charge in [0.25, 0.3) is 0 Å². The minimum Gasteiger partial charge on any atom is -0.212 e. The maximum atomic E-state index is 12.8. The van der Waals surface area contributed by atoms with Crippen molar-refractivity contribution in [2.24, 2.45) is 0 Å². The third-order valence-electron chi connectivity index (χ3n) is 4.24. The normalized spacial score (nSPS) is 18.4. The summed E-state index contributed by atoms with van der Waals surface area (Å²) in [5.41, 5.74) is 1.08. The summed E-state index contributed by atoms with van der Waals surface area (Å²) in [4.78, 5) is 0.268. The molecule has 0 unspecified atom stereocenters. The number of benzene rings is 1. The Labute approximate surface area is 145 Å². The Morgan fingerprint density at radius 3 is 2.04 bits per heavy atom. The summed E-state index contributed by atoms with van der Waals surface area (Å²) in [6.45, 7) is 4.98. The number of sulfonamides is 2. The molecule has 0 atom stereocenters. The smallest absolute Gasteiger partial charge is 0.212 e. The van der Waals surface area contributed by atoms with Gasteiger partial charge in [-0.2, -0.15) is 4.31 Å². The summed E-state index contributed by atoms with van der Waals surface area (Å²) in [6.07, 6.45) is 1.92. The van der Waals surface area contributed by atoms with Gasteiger partial charge in [-0.25, -0.2) is 21.1 Å². The van der Waals surface area contributed by atoms with Gasteiger partial charge in [0.15, 0.2) is 0 Å². The first kappa shape index (κ1) is 19.4. The number of nitrogens with zero attached hydrogens (tertiary/aromatic N) is 2. The van der Waals surface area contributed by atoms with Gasteiger partial charge in [0.1, 0.15) is 0 Å². The third-order valence-corrected chi connectivity index (χ3v) is 8.23. The first-order valence-electron chi connectivity index (χ1n) is 8.38. The SMILES string of the molecule is CCCS(=O)(=O)N1CCCN(S(=O)(=O)c2ccc(CC)cc2)CC1. The standard InChI is InChI=1S/C16H26N2O4S2/c1-3-14-23(19,20)17-10-5-11-18(13-12-17)24(21,22)16-8-6-15(4-2)7-9-16/h6-9H,3-5,10-14H2,1-2H3. The van der Waals surface area contributed by atoms with Crippen LogP contribution in [0, 0.1) is 0 Å². The second kappa shape index (κ2) is 7.95. The van der Waals surface area contributed by atoms with Crippen molar-refractivity contribution in [1.29, 1.82) is 0 Å². The van der Waals surface area contributed by atoms with E-state index in [1.807, 2.05) is 26.0 Å². The van der Waals surface area contributed by atoms with Crippen molar-refractivity contribution in [3.8, 4) is 0 Å². The summed E-state index contributed by atoms with van der Waals surface area (Å²) >= 11 is 0. The lowest BCUT2D eigenvalue weighted by molar-refractivity contribution is 0.404. The molecule has 136 valence electrons. The van der Waals surface area contributed by atoms with E-state index in [1.54, 1.807) is 12.1 Å². The van der Waals surface area contributed by atoms with Crippen LogP contribution in [-0.4, -0.2) is 57.4 Å². The van der Waals surface area contributed by atoms with E-state index in [2.05, 4.69) is 0 Å². The minimum atomic E-state index is -3.58. The largest absolute Gasteiger partial charge is 0.243 e. The lowest BCUT2D eigenvalue weighted by Gasteiger charge is -2.21. The average molecular weight is 375 g/mol. The molecule has 6 nitrogen and oxygen atoms in total. The van der Waals surface area contributed by atoms with Gasteiger partial charge in [0, 0.05) is 26.2 Å². The third kappa shape index (κ3) is 4.36. The van der Waals surface area contributed by atoms with Crippen LogP contribution in [0.3, 0.4) is 0 Å². The number of rotatable bonds is 6. The van der Waals surface area contributed by atoms with E-state index in [9.17, 15) is 16.8 Å². The molecule has 1 saturated heterocycles. The van der Waals surface area contributed by atoms with Crippen molar-refractivity contribution in [3.63, 3.8) is 0 Å². The summed E-state index contributed by atoms with van der Waals surface area (Å²) in [5.74, 6) is 0.109. The predicted octanol–water partition coefficient (Wildman–Crippen LogP) is 1.69. The highest BCUT2D eigenvalue weighted by molar-refractivity contribution is 7.89. The Bertz CT molecular complexity index is 743. The molecule has 1 heterocycles. The van der Waals surface area contributed by atoms with Crippen molar-refractivity contribution in [1.82, 2.24) is 8.61 Å².